The van der Waals surface area contributed by atoms with E-state index in [-0.39, 0.29) is 28.4 Å². The van der Waals surface area contributed by atoms with Crippen LogP contribution in [0.2, 0.25) is 0 Å². The molecule has 4 aromatic rings. The van der Waals surface area contributed by atoms with Crippen LogP contribution in [0.1, 0.15) is 15.9 Å². The third kappa shape index (κ3) is 5.58. The number of nitrogens with one attached hydrogen (secondary N) is 1. The van der Waals surface area contributed by atoms with Crippen molar-refractivity contribution >= 4 is 43.2 Å². The van der Waals surface area contributed by atoms with Crippen LogP contribution in [0, 0.1) is 5.82 Å². The summed E-state index contributed by atoms with van der Waals surface area (Å²) < 4.78 is 48.9. The lowest BCUT2D eigenvalue weighted by Crippen LogP contribution is -2.32. The molecule has 0 atom stereocenters. The highest BCUT2D eigenvalue weighted by Gasteiger charge is 2.29. The molecule has 4 aromatic carbocycles. The van der Waals surface area contributed by atoms with E-state index < -0.39 is 21.7 Å². The van der Waals surface area contributed by atoms with Crippen molar-refractivity contribution in [2.24, 2.45) is 0 Å². The van der Waals surface area contributed by atoms with Gasteiger partial charge in [0, 0.05) is 4.47 Å². The second-order valence-electron chi connectivity index (χ2n) is 7.77. The summed E-state index contributed by atoms with van der Waals surface area (Å²) >= 11 is 3.19. The molecular weight excluding hydrogens is 547 g/mol. The molecule has 0 spiro atoms. The van der Waals surface area contributed by atoms with Crippen LogP contribution in [0.3, 0.4) is 0 Å². The summed E-state index contributed by atoms with van der Waals surface area (Å²) in [6, 6.07) is 25.7. The first-order valence-electron chi connectivity index (χ1n) is 10.9. The van der Waals surface area contributed by atoms with Crippen molar-refractivity contribution in [2.75, 3.05) is 16.7 Å². The molecule has 0 bridgehead atoms. The minimum absolute atomic E-state index is 0.0217. The Labute approximate surface area is 217 Å². The lowest BCUT2D eigenvalue weighted by molar-refractivity contribution is 0.102. The Hall–Kier alpha value is -3.69. The summed E-state index contributed by atoms with van der Waals surface area (Å²) in [5.41, 5.74) is 0.939. The Bertz CT molecular complexity index is 1480. The molecule has 0 aliphatic rings. The number of benzene rings is 4. The molecule has 0 heterocycles. The molecule has 0 unspecified atom stereocenters. The molecule has 6 nitrogen and oxygen atoms in total. The predicted molar refractivity (Wildman–Crippen MR) is 141 cm³/mol. The van der Waals surface area contributed by atoms with E-state index in [9.17, 15) is 17.6 Å². The molecule has 4 rings (SSSR count). The van der Waals surface area contributed by atoms with E-state index in [0.29, 0.717) is 10.2 Å². The van der Waals surface area contributed by atoms with Gasteiger partial charge in [0.15, 0.2) is 0 Å². The number of ether oxygens (including phenoxy) is 1. The highest BCUT2D eigenvalue weighted by molar-refractivity contribution is 9.10. The number of carbonyl (C=O) groups excluding carboxylic acids is 1. The fraction of sp³-hybridized carbons (Fsp3) is 0.0741. The molecular formula is C27H22BrFN2O4S. The van der Waals surface area contributed by atoms with Crippen molar-refractivity contribution in [3.8, 4) is 5.75 Å². The highest BCUT2D eigenvalue weighted by Crippen LogP contribution is 2.31. The lowest BCUT2D eigenvalue weighted by Gasteiger charge is -2.26. The number of rotatable bonds is 8. The fourth-order valence-electron chi connectivity index (χ4n) is 3.59. The van der Waals surface area contributed by atoms with Gasteiger partial charge in [-0.15, -0.1) is 0 Å². The number of hydrogen-bond donors (Lipinski definition) is 1. The maximum Gasteiger partial charge on any atom is 0.264 e. The number of amides is 1. The first-order chi connectivity index (χ1) is 17.3. The molecule has 0 aromatic heterocycles. The van der Waals surface area contributed by atoms with Crippen LogP contribution < -0.4 is 14.4 Å². The number of sulfonamides is 1. The molecule has 184 valence electrons. The van der Waals surface area contributed by atoms with Crippen LogP contribution >= 0.6 is 15.9 Å². The molecule has 1 amide bonds. The van der Waals surface area contributed by atoms with Crippen molar-refractivity contribution < 1.29 is 22.3 Å². The largest absolute Gasteiger partial charge is 0.497 e. The molecule has 0 aliphatic heterocycles. The summed E-state index contributed by atoms with van der Waals surface area (Å²) in [4.78, 5) is 13.3. The van der Waals surface area contributed by atoms with E-state index >= 15 is 0 Å². The molecule has 0 aliphatic carbocycles. The number of carbonyl (C=O) groups is 1. The maximum absolute atomic E-state index is 14.4. The Kier molecular flexibility index (Phi) is 7.71. The van der Waals surface area contributed by atoms with Gasteiger partial charge in [-0.3, -0.25) is 9.10 Å². The molecule has 0 radical (unpaired) electrons. The van der Waals surface area contributed by atoms with Gasteiger partial charge in [-0.1, -0.05) is 58.4 Å². The minimum atomic E-state index is -4.10. The average Bonchev–Trinajstić information content (AvgIpc) is 2.89. The number of methoxy groups -OCH3 is 1. The van der Waals surface area contributed by atoms with E-state index in [1.165, 1.54) is 41.7 Å². The summed E-state index contributed by atoms with van der Waals surface area (Å²) in [5.74, 6) is -0.753. The summed E-state index contributed by atoms with van der Waals surface area (Å²) in [6.45, 7) is -0.0217. The zero-order valence-corrected chi connectivity index (χ0v) is 21.6. The number of nitrogens with zero attached hydrogens (tertiary/aromatic N) is 1. The van der Waals surface area contributed by atoms with Crippen molar-refractivity contribution in [3.05, 3.63) is 118 Å². The predicted octanol–water partition coefficient (Wildman–Crippen LogP) is 6.24. The number of hydrogen-bond acceptors (Lipinski definition) is 4. The van der Waals surface area contributed by atoms with Crippen LogP contribution in [0.25, 0.3) is 0 Å². The first-order valence-corrected chi connectivity index (χ1v) is 13.1. The molecule has 9 heteroatoms. The zero-order chi connectivity index (χ0) is 25.7. The van der Waals surface area contributed by atoms with Crippen molar-refractivity contribution in [1.29, 1.82) is 0 Å². The van der Waals surface area contributed by atoms with Crippen molar-refractivity contribution in [1.82, 2.24) is 0 Å². The zero-order valence-electron chi connectivity index (χ0n) is 19.2. The monoisotopic (exact) mass is 568 g/mol. The van der Waals surface area contributed by atoms with E-state index in [2.05, 4.69) is 21.2 Å². The molecule has 0 saturated heterocycles. The van der Waals surface area contributed by atoms with Gasteiger partial charge < -0.3 is 10.1 Å². The number of anilines is 2. The molecule has 0 saturated carbocycles. The maximum atomic E-state index is 14.4. The third-order valence-corrected chi connectivity index (χ3v) is 7.68. The van der Waals surface area contributed by atoms with Gasteiger partial charge in [-0.25, -0.2) is 12.8 Å². The second kappa shape index (κ2) is 10.9. The van der Waals surface area contributed by atoms with Crippen LogP contribution in [-0.2, 0) is 16.6 Å². The minimum Gasteiger partial charge on any atom is -0.497 e. The smallest absolute Gasteiger partial charge is 0.264 e. The molecule has 36 heavy (non-hydrogen) atoms. The number of para-hydroxylation sites is 1. The number of halogens is 2. The Balaban J connectivity index is 1.78. The van der Waals surface area contributed by atoms with E-state index in [4.69, 9.17) is 4.74 Å². The quantitative estimate of drug-likeness (QED) is 0.273. The fourth-order valence-corrected chi connectivity index (χ4v) is 5.39. The van der Waals surface area contributed by atoms with Gasteiger partial charge in [-0.05, 0) is 60.2 Å². The molecule has 1 N–H and O–H groups in total. The van der Waals surface area contributed by atoms with Crippen LogP contribution in [-0.4, -0.2) is 21.4 Å². The average molecular weight is 569 g/mol. The van der Waals surface area contributed by atoms with E-state index in [0.717, 1.165) is 5.56 Å². The van der Waals surface area contributed by atoms with Gasteiger partial charge in [0.05, 0.1) is 35.5 Å². The second-order valence-corrected chi connectivity index (χ2v) is 10.5. The summed E-state index contributed by atoms with van der Waals surface area (Å²) in [6.07, 6.45) is 0. The Morgan fingerprint density at radius 1 is 0.944 bits per heavy atom. The van der Waals surface area contributed by atoms with E-state index in [1.54, 1.807) is 48.5 Å². The summed E-state index contributed by atoms with van der Waals surface area (Å²) in [5, 5.41) is 2.55. The molecule has 0 fully saturated rings. The van der Waals surface area contributed by atoms with E-state index in [1.807, 2.05) is 18.2 Å². The van der Waals surface area contributed by atoms with Crippen molar-refractivity contribution in [2.45, 2.75) is 11.4 Å². The normalized spacial score (nSPS) is 11.1. The van der Waals surface area contributed by atoms with Crippen LogP contribution in [0.15, 0.2) is 106 Å². The summed E-state index contributed by atoms with van der Waals surface area (Å²) in [7, 11) is -2.61. The van der Waals surface area contributed by atoms with Gasteiger partial charge in [0.1, 0.15) is 11.6 Å². The SMILES string of the molecule is COc1ccc(S(=O)(=O)N(Cc2ccccc2)c2ccccc2C(=O)Nc2ccc(Br)cc2F)cc1. The van der Waals surface area contributed by atoms with Crippen LogP contribution in [0.5, 0.6) is 5.75 Å². The first kappa shape index (κ1) is 25.4. The topological polar surface area (TPSA) is 75.7 Å². The van der Waals surface area contributed by atoms with Crippen molar-refractivity contribution in [3.63, 3.8) is 0 Å². The van der Waals surface area contributed by atoms with Crippen LogP contribution in [0.4, 0.5) is 15.8 Å². The van der Waals surface area contributed by atoms with Gasteiger partial charge in [-0.2, -0.15) is 0 Å². The standard InChI is InChI=1S/C27H22BrFN2O4S/c1-35-21-12-14-22(15-13-21)36(33,34)31(18-19-7-3-2-4-8-19)26-10-6-5-9-23(26)27(32)30-25-16-11-20(28)17-24(25)29/h2-17H,18H2,1H3,(H,30,32). The van der Waals surface area contributed by atoms with Gasteiger partial charge >= 0.3 is 0 Å². The van der Waals surface area contributed by atoms with Gasteiger partial charge in [0.25, 0.3) is 15.9 Å². The highest BCUT2D eigenvalue weighted by atomic mass is 79.9. The Morgan fingerprint density at radius 2 is 1.61 bits per heavy atom. The third-order valence-electron chi connectivity index (χ3n) is 5.41. The van der Waals surface area contributed by atoms with Gasteiger partial charge in [0.2, 0.25) is 0 Å². The lowest BCUT2D eigenvalue weighted by atomic mass is 10.1. The Morgan fingerprint density at radius 3 is 2.28 bits per heavy atom.